The van der Waals surface area contributed by atoms with Crippen molar-refractivity contribution in [3.8, 4) is 0 Å². The second kappa shape index (κ2) is 9.07. The van der Waals surface area contributed by atoms with Crippen molar-refractivity contribution in [2.24, 2.45) is 0 Å². The van der Waals surface area contributed by atoms with Crippen LogP contribution < -0.4 is 5.32 Å². The van der Waals surface area contributed by atoms with Gasteiger partial charge in [-0.3, -0.25) is 4.79 Å². The van der Waals surface area contributed by atoms with Crippen LogP contribution in [0.1, 0.15) is 23.0 Å². The summed E-state index contributed by atoms with van der Waals surface area (Å²) in [5, 5.41) is 2.55. The minimum absolute atomic E-state index is 0.289. The minimum atomic E-state index is -0.663. The molecule has 0 aliphatic heterocycles. The molecule has 0 spiro atoms. The molecule has 0 unspecified atom stereocenters. The van der Waals surface area contributed by atoms with Crippen molar-refractivity contribution in [3.05, 3.63) is 60.1 Å². The van der Waals surface area contributed by atoms with Crippen molar-refractivity contribution in [3.63, 3.8) is 0 Å². The summed E-state index contributed by atoms with van der Waals surface area (Å²) in [5.41, 5.74) is 0.856. The third-order valence-corrected chi connectivity index (χ3v) is 2.95. The summed E-state index contributed by atoms with van der Waals surface area (Å²) in [6.07, 6.45) is 4.08. The van der Waals surface area contributed by atoms with E-state index in [2.05, 4.69) is 5.32 Å². The molecular weight excluding hydrogens is 326 g/mol. The molecule has 130 valence electrons. The summed E-state index contributed by atoms with van der Waals surface area (Å²) in [6, 6.07) is 9.55. The summed E-state index contributed by atoms with van der Waals surface area (Å²) >= 11 is 0. The first-order chi connectivity index (χ1) is 12.1. The number of ether oxygens (including phenoxy) is 2. The lowest BCUT2D eigenvalue weighted by Gasteiger charge is -2.06. The van der Waals surface area contributed by atoms with E-state index < -0.39 is 24.5 Å². The Kier molecular flexibility index (Phi) is 6.53. The van der Waals surface area contributed by atoms with Crippen LogP contribution in [0.15, 0.2) is 53.2 Å². The van der Waals surface area contributed by atoms with Crippen LogP contribution in [0.3, 0.4) is 0 Å². The van der Waals surface area contributed by atoms with Gasteiger partial charge in [0.2, 0.25) is 0 Å². The van der Waals surface area contributed by atoms with Crippen molar-refractivity contribution in [2.45, 2.75) is 6.92 Å². The lowest BCUT2D eigenvalue weighted by atomic mass is 10.2. The van der Waals surface area contributed by atoms with Gasteiger partial charge in [-0.1, -0.05) is 0 Å². The fourth-order valence-corrected chi connectivity index (χ4v) is 1.82. The number of carbonyl (C=O) groups excluding carboxylic acids is 3. The lowest BCUT2D eigenvalue weighted by Crippen LogP contribution is -2.20. The Hall–Kier alpha value is -3.35. The number of benzene rings is 1. The first kappa shape index (κ1) is 18.0. The van der Waals surface area contributed by atoms with Gasteiger partial charge in [-0.2, -0.15) is 0 Å². The number of hydrogen-bond acceptors (Lipinski definition) is 6. The molecule has 7 heteroatoms. The van der Waals surface area contributed by atoms with Crippen LogP contribution in [0.2, 0.25) is 0 Å². The van der Waals surface area contributed by atoms with Gasteiger partial charge >= 0.3 is 11.9 Å². The van der Waals surface area contributed by atoms with Gasteiger partial charge in [0.15, 0.2) is 6.61 Å². The van der Waals surface area contributed by atoms with E-state index in [4.69, 9.17) is 13.9 Å². The number of rotatable bonds is 7. The van der Waals surface area contributed by atoms with Crippen molar-refractivity contribution >= 4 is 29.6 Å². The topological polar surface area (TPSA) is 94.8 Å². The van der Waals surface area contributed by atoms with Crippen LogP contribution >= 0.6 is 0 Å². The molecule has 0 saturated heterocycles. The van der Waals surface area contributed by atoms with Gasteiger partial charge in [0, 0.05) is 11.8 Å². The molecule has 1 aromatic carbocycles. The maximum absolute atomic E-state index is 11.7. The number of esters is 2. The summed E-state index contributed by atoms with van der Waals surface area (Å²) in [5.74, 6) is -1.09. The molecule has 0 aliphatic carbocycles. The van der Waals surface area contributed by atoms with Crippen molar-refractivity contribution in [1.82, 2.24) is 0 Å². The lowest BCUT2D eigenvalue weighted by molar-refractivity contribution is -0.142. The molecule has 1 amide bonds. The second-order valence-electron chi connectivity index (χ2n) is 4.80. The van der Waals surface area contributed by atoms with Gasteiger partial charge in [-0.05, 0) is 49.4 Å². The summed E-state index contributed by atoms with van der Waals surface area (Å²) in [6.45, 7) is 1.58. The molecule has 1 N–H and O–H groups in total. The molecule has 0 aliphatic rings. The number of nitrogens with one attached hydrogen (secondary N) is 1. The number of anilines is 1. The number of carbonyl (C=O) groups is 3. The Morgan fingerprint density at radius 2 is 1.88 bits per heavy atom. The smallest absolute Gasteiger partial charge is 0.338 e. The van der Waals surface area contributed by atoms with E-state index in [1.54, 1.807) is 31.2 Å². The Bertz CT molecular complexity index is 746. The van der Waals surface area contributed by atoms with E-state index in [1.165, 1.54) is 30.5 Å². The molecule has 0 atom stereocenters. The number of amides is 1. The third-order valence-electron chi connectivity index (χ3n) is 2.95. The molecule has 1 aromatic heterocycles. The van der Waals surface area contributed by atoms with Crippen molar-refractivity contribution < 1.29 is 28.3 Å². The molecule has 0 fully saturated rings. The highest BCUT2D eigenvalue weighted by Crippen LogP contribution is 2.10. The zero-order valence-electron chi connectivity index (χ0n) is 13.6. The molecule has 25 heavy (non-hydrogen) atoms. The van der Waals surface area contributed by atoms with Crippen LogP contribution in [0.4, 0.5) is 5.69 Å². The molecule has 1 heterocycles. The summed E-state index contributed by atoms with van der Waals surface area (Å²) in [7, 11) is 0. The second-order valence-corrected chi connectivity index (χ2v) is 4.80. The van der Waals surface area contributed by atoms with Gasteiger partial charge in [0.1, 0.15) is 5.76 Å². The standard InChI is InChI=1S/C18H17NO6/c1-2-23-18(22)13-5-7-14(8-6-13)19-16(20)12-25-17(21)10-9-15-4-3-11-24-15/h3-11H,2,12H2,1H3,(H,19,20). The third kappa shape index (κ3) is 5.98. The van der Waals surface area contributed by atoms with Crippen molar-refractivity contribution in [1.29, 1.82) is 0 Å². The minimum Gasteiger partial charge on any atom is -0.465 e. The molecule has 0 radical (unpaired) electrons. The van der Waals surface area contributed by atoms with E-state index >= 15 is 0 Å². The molecule has 0 bridgehead atoms. The molecule has 2 rings (SSSR count). The largest absolute Gasteiger partial charge is 0.465 e. The van der Waals surface area contributed by atoms with E-state index in [9.17, 15) is 14.4 Å². The average Bonchev–Trinajstić information content (AvgIpc) is 3.12. The monoisotopic (exact) mass is 343 g/mol. The van der Waals surface area contributed by atoms with Crippen LogP contribution in [-0.4, -0.2) is 31.1 Å². The Morgan fingerprint density at radius 1 is 1.12 bits per heavy atom. The first-order valence-corrected chi connectivity index (χ1v) is 7.54. The van der Waals surface area contributed by atoms with Gasteiger partial charge in [-0.25, -0.2) is 9.59 Å². The van der Waals surface area contributed by atoms with Crippen LogP contribution in [0.25, 0.3) is 6.08 Å². The van der Waals surface area contributed by atoms with E-state index in [0.717, 1.165) is 0 Å². The Morgan fingerprint density at radius 3 is 2.52 bits per heavy atom. The maximum atomic E-state index is 11.7. The highest BCUT2D eigenvalue weighted by Gasteiger charge is 2.08. The fraction of sp³-hybridized carbons (Fsp3) is 0.167. The predicted molar refractivity (Wildman–Crippen MR) is 89.7 cm³/mol. The van der Waals surface area contributed by atoms with Gasteiger partial charge < -0.3 is 19.2 Å². The van der Waals surface area contributed by atoms with E-state index in [0.29, 0.717) is 17.0 Å². The molecule has 2 aromatic rings. The van der Waals surface area contributed by atoms with E-state index in [-0.39, 0.29) is 6.61 Å². The van der Waals surface area contributed by atoms with E-state index in [1.807, 2.05) is 0 Å². The van der Waals surface area contributed by atoms with Crippen LogP contribution in [0.5, 0.6) is 0 Å². The zero-order chi connectivity index (χ0) is 18.1. The molecule has 0 saturated carbocycles. The number of hydrogen-bond donors (Lipinski definition) is 1. The normalized spacial score (nSPS) is 10.4. The fourth-order valence-electron chi connectivity index (χ4n) is 1.82. The van der Waals surface area contributed by atoms with Crippen LogP contribution in [0, 0.1) is 0 Å². The predicted octanol–water partition coefficient (Wildman–Crippen LogP) is 2.65. The van der Waals surface area contributed by atoms with Gasteiger partial charge in [-0.15, -0.1) is 0 Å². The summed E-state index contributed by atoms with van der Waals surface area (Å²) < 4.78 is 14.7. The van der Waals surface area contributed by atoms with Crippen LogP contribution in [-0.2, 0) is 19.1 Å². The first-order valence-electron chi connectivity index (χ1n) is 7.54. The zero-order valence-corrected chi connectivity index (χ0v) is 13.6. The SMILES string of the molecule is CCOC(=O)c1ccc(NC(=O)COC(=O)C=Cc2ccco2)cc1. The van der Waals surface area contributed by atoms with Gasteiger partial charge in [0.05, 0.1) is 18.4 Å². The Balaban J connectivity index is 1.78. The highest BCUT2D eigenvalue weighted by molar-refractivity contribution is 5.95. The highest BCUT2D eigenvalue weighted by atomic mass is 16.5. The molecular formula is C18H17NO6. The summed E-state index contributed by atoms with van der Waals surface area (Å²) in [4.78, 5) is 34.8. The quantitative estimate of drug-likeness (QED) is 0.613. The maximum Gasteiger partial charge on any atom is 0.338 e. The molecule has 7 nitrogen and oxygen atoms in total. The average molecular weight is 343 g/mol. The number of furan rings is 1. The van der Waals surface area contributed by atoms with Crippen molar-refractivity contribution in [2.75, 3.05) is 18.5 Å². The Labute approximate surface area is 144 Å². The van der Waals surface area contributed by atoms with Gasteiger partial charge in [0.25, 0.3) is 5.91 Å².